The second-order valence-corrected chi connectivity index (χ2v) is 5.66. The van der Waals surface area contributed by atoms with Crippen LogP contribution in [0.1, 0.15) is 61.3 Å². The Morgan fingerprint density at radius 3 is 1.69 bits per heavy atom. The molecule has 0 aromatic carbocycles. The van der Waals surface area contributed by atoms with Gasteiger partial charge in [0.05, 0.1) is 0 Å². The molecule has 0 bridgehead atoms. The highest BCUT2D eigenvalue weighted by atomic mass is 14.4. The van der Waals surface area contributed by atoms with E-state index < -0.39 is 0 Å². The summed E-state index contributed by atoms with van der Waals surface area (Å²) in [4.78, 5) is 0. The normalized spacial score (nSPS) is 17.5. The Morgan fingerprint density at radius 1 is 0.923 bits per heavy atom. The fourth-order valence-electron chi connectivity index (χ4n) is 2.02. The van der Waals surface area contributed by atoms with E-state index in [-0.39, 0.29) is 0 Å². The lowest BCUT2D eigenvalue weighted by Gasteiger charge is -2.38. The standard InChI is InChI=1S/C13H28/c1-8-11(4)13(6,7)12(5)9-10(2)3/h10-12H,8-9H2,1-7H3. The number of hydrogen-bond acceptors (Lipinski definition) is 0. The van der Waals surface area contributed by atoms with E-state index in [0.29, 0.717) is 5.41 Å². The molecule has 0 aliphatic carbocycles. The summed E-state index contributed by atoms with van der Waals surface area (Å²) in [6, 6.07) is 0. The average molecular weight is 184 g/mol. The van der Waals surface area contributed by atoms with Crippen LogP contribution in [0, 0.1) is 23.2 Å². The minimum Gasteiger partial charge on any atom is -0.0651 e. The molecular weight excluding hydrogens is 156 g/mol. The van der Waals surface area contributed by atoms with Crippen LogP contribution in [0.5, 0.6) is 0 Å². The third-order valence-electron chi connectivity index (χ3n) is 3.98. The highest BCUT2D eigenvalue weighted by molar-refractivity contribution is 4.80. The van der Waals surface area contributed by atoms with Crippen LogP contribution in [-0.2, 0) is 0 Å². The zero-order chi connectivity index (χ0) is 10.6. The van der Waals surface area contributed by atoms with Crippen molar-refractivity contribution in [1.29, 1.82) is 0 Å². The highest BCUT2D eigenvalue weighted by Crippen LogP contribution is 2.39. The van der Waals surface area contributed by atoms with Gasteiger partial charge in [0.15, 0.2) is 0 Å². The van der Waals surface area contributed by atoms with Crippen molar-refractivity contribution in [2.75, 3.05) is 0 Å². The molecule has 0 aliphatic heterocycles. The Hall–Kier alpha value is 0. The summed E-state index contributed by atoms with van der Waals surface area (Å²) < 4.78 is 0. The van der Waals surface area contributed by atoms with E-state index in [1.54, 1.807) is 0 Å². The molecule has 0 heteroatoms. The zero-order valence-electron chi connectivity index (χ0n) is 10.6. The first-order valence-electron chi connectivity index (χ1n) is 5.82. The lowest BCUT2D eigenvalue weighted by Crippen LogP contribution is -2.29. The summed E-state index contributed by atoms with van der Waals surface area (Å²) in [5, 5.41) is 0. The lowest BCUT2D eigenvalue weighted by atomic mass is 9.67. The van der Waals surface area contributed by atoms with Gasteiger partial charge in [0.2, 0.25) is 0 Å². The van der Waals surface area contributed by atoms with Gasteiger partial charge in [-0.25, -0.2) is 0 Å². The maximum atomic E-state index is 2.42. The van der Waals surface area contributed by atoms with Crippen molar-refractivity contribution in [3.05, 3.63) is 0 Å². The zero-order valence-corrected chi connectivity index (χ0v) is 10.6. The predicted octanol–water partition coefficient (Wildman–Crippen LogP) is 4.74. The first-order valence-corrected chi connectivity index (χ1v) is 5.82. The molecule has 0 rings (SSSR count). The Morgan fingerprint density at radius 2 is 1.38 bits per heavy atom. The van der Waals surface area contributed by atoms with Crippen molar-refractivity contribution in [3.63, 3.8) is 0 Å². The van der Waals surface area contributed by atoms with Gasteiger partial charge in [0, 0.05) is 0 Å². The third kappa shape index (κ3) is 3.70. The molecule has 0 N–H and O–H groups in total. The molecule has 0 amide bonds. The molecule has 0 aliphatic rings. The summed E-state index contributed by atoms with van der Waals surface area (Å²) in [6.07, 6.45) is 2.66. The average Bonchev–Trinajstić information content (AvgIpc) is 2.01. The summed E-state index contributed by atoms with van der Waals surface area (Å²) >= 11 is 0. The van der Waals surface area contributed by atoms with Gasteiger partial charge in [0.1, 0.15) is 0 Å². The van der Waals surface area contributed by atoms with Crippen LogP contribution in [0.4, 0.5) is 0 Å². The Labute approximate surface area is 85.1 Å². The van der Waals surface area contributed by atoms with Gasteiger partial charge in [-0.3, -0.25) is 0 Å². The molecule has 0 fully saturated rings. The number of hydrogen-bond donors (Lipinski definition) is 0. The van der Waals surface area contributed by atoms with E-state index >= 15 is 0 Å². The Kier molecular flexibility index (Phi) is 5.02. The highest BCUT2D eigenvalue weighted by Gasteiger charge is 2.30. The molecule has 80 valence electrons. The van der Waals surface area contributed by atoms with E-state index in [1.165, 1.54) is 12.8 Å². The number of rotatable bonds is 5. The summed E-state index contributed by atoms with van der Waals surface area (Å²) in [7, 11) is 0. The monoisotopic (exact) mass is 184 g/mol. The van der Waals surface area contributed by atoms with Crippen molar-refractivity contribution in [3.8, 4) is 0 Å². The Balaban J connectivity index is 4.25. The van der Waals surface area contributed by atoms with Crippen LogP contribution in [0.25, 0.3) is 0 Å². The molecule has 2 atom stereocenters. The van der Waals surface area contributed by atoms with E-state index in [0.717, 1.165) is 17.8 Å². The van der Waals surface area contributed by atoms with E-state index in [9.17, 15) is 0 Å². The first-order chi connectivity index (χ1) is 5.82. The van der Waals surface area contributed by atoms with Gasteiger partial charge >= 0.3 is 0 Å². The van der Waals surface area contributed by atoms with Crippen LogP contribution in [-0.4, -0.2) is 0 Å². The van der Waals surface area contributed by atoms with Crippen LogP contribution >= 0.6 is 0 Å². The largest absolute Gasteiger partial charge is 0.0651 e. The molecule has 13 heavy (non-hydrogen) atoms. The predicted molar refractivity (Wildman–Crippen MR) is 61.9 cm³/mol. The smallest absolute Gasteiger partial charge is 0.0303 e. The van der Waals surface area contributed by atoms with Crippen molar-refractivity contribution >= 4 is 0 Å². The maximum absolute atomic E-state index is 2.42. The van der Waals surface area contributed by atoms with Gasteiger partial charge in [-0.05, 0) is 29.6 Å². The van der Waals surface area contributed by atoms with Crippen molar-refractivity contribution in [2.24, 2.45) is 23.2 Å². The van der Waals surface area contributed by atoms with Gasteiger partial charge < -0.3 is 0 Å². The van der Waals surface area contributed by atoms with E-state index in [4.69, 9.17) is 0 Å². The molecule has 2 unspecified atom stereocenters. The first kappa shape index (κ1) is 13.0. The van der Waals surface area contributed by atoms with Crippen molar-refractivity contribution < 1.29 is 0 Å². The molecule has 0 aromatic heterocycles. The summed E-state index contributed by atoms with van der Waals surface area (Å²) in [6.45, 7) is 16.6. The Bertz CT molecular complexity index is 133. The minimum absolute atomic E-state index is 0.499. The molecule has 0 saturated heterocycles. The fourth-order valence-corrected chi connectivity index (χ4v) is 2.02. The summed E-state index contributed by atoms with van der Waals surface area (Å²) in [5.41, 5.74) is 0.499. The van der Waals surface area contributed by atoms with Gasteiger partial charge in [-0.1, -0.05) is 54.9 Å². The summed E-state index contributed by atoms with van der Waals surface area (Å²) in [5.74, 6) is 2.50. The molecule has 0 nitrogen and oxygen atoms in total. The van der Waals surface area contributed by atoms with E-state index in [2.05, 4.69) is 48.5 Å². The molecule has 0 aromatic rings. The van der Waals surface area contributed by atoms with E-state index in [1.807, 2.05) is 0 Å². The second-order valence-electron chi connectivity index (χ2n) is 5.66. The van der Waals surface area contributed by atoms with Crippen LogP contribution in [0.3, 0.4) is 0 Å². The molecule has 0 heterocycles. The van der Waals surface area contributed by atoms with Gasteiger partial charge in [-0.2, -0.15) is 0 Å². The minimum atomic E-state index is 0.499. The quantitative estimate of drug-likeness (QED) is 0.579. The van der Waals surface area contributed by atoms with Gasteiger partial charge in [0.25, 0.3) is 0 Å². The second kappa shape index (κ2) is 5.02. The van der Waals surface area contributed by atoms with Crippen LogP contribution in [0.15, 0.2) is 0 Å². The van der Waals surface area contributed by atoms with Gasteiger partial charge in [-0.15, -0.1) is 0 Å². The fraction of sp³-hybridized carbons (Fsp3) is 1.00. The molecule has 0 radical (unpaired) electrons. The SMILES string of the molecule is CCC(C)C(C)(C)C(C)CC(C)C. The molecule has 0 saturated carbocycles. The van der Waals surface area contributed by atoms with Crippen LogP contribution < -0.4 is 0 Å². The molecule has 0 spiro atoms. The maximum Gasteiger partial charge on any atom is -0.0303 e. The topological polar surface area (TPSA) is 0 Å². The lowest BCUT2D eigenvalue weighted by molar-refractivity contribution is 0.117. The van der Waals surface area contributed by atoms with Crippen molar-refractivity contribution in [1.82, 2.24) is 0 Å². The van der Waals surface area contributed by atoms with Crippen LogP contribution in [0.2, 0.25) is 0 Å². The third-order valence-corrected chi connectivity index (χ3v) is 3.98. The molecular formula is C13H28. The van der Waals surface area contributed by atoms with Crippen molar-refractivity contribution in [2.45, 2.75) is 61.3 Å².